The van der Waals surface area contributed by atoms with Crippen LogP contribution in [-0.2, 0) is 0 Å². The van der Waals surface area contributed by atoms with Gasteiger partial charge in [-0.1, -0.05) is 176 Å². The molecule has 0 aliphatic carbocycles. The van der Waals surface area contributed by atoms with Crippen LogP contribution < -0.4 is 0 Å². The molecule has 0 fully saturated rings. The van der Waals surface area contributed by atoms with E-state index in [2.05, 4.69) is 185 Å². The van der Waals surface area contributed by atoms with E-state index < -0.39 is 0 Å². The summed E-state index contributed by atoms with van der Waals surface area (Å²) in [6, 6.07) is 84.8. The standard InChI is InChI=1S/C63H39N5/c1-3-16-40(17-4-1)61-64-62(41-18-5-2-6-19-41)66-63(65-61)44-20-15-21-45(36-44)67-57-28-13-11-26-52(57)55-37-42(30-34-59(55)67)43-31-35-60-56(38-43)53-27-12-14-29-58(53)68(60)46-32-33-51-49-24-8-7-22-47(49)48-23-9-10-25-50(48)54(51)39-46/h1-39H. The van der Waals surface area contributed by atoms with E-state index in [1.165, 1.54) is 76.0 Å². The number of rotatable bonds is 6. The summed E-state index contributed by atoms with van der Waals surface area (Å²) in [6.07, 6.45) is 0. The quantitative estimate of drug-likeness (QED) is 0.156. The summed E-state index contributed by atoms with van der Waals surface area (Å²) in [5, 5.41) is 12.5. The van der Waals surface area contributed by atoms with Gasteiger partial charge in [0.25, 0.3) is 0 Å². The van der Waals surface area contributed by atoms with E-state index in [1.807, 2.05) is 60.7 Å². The van der Waals surface area contributed by atoms with E-state index in [1.54, 1.807) is 0 Å². The first-order chi connectivity index (χ1) is 33.7. The smallest absolute Gasteiger partial charge is 0.164 e. The zero-order valence-corrected chi connectivity index (χ0v) is 36.8. The van der Waals surface area contributed by atoms with Crippen molar-refractivity contribution < 1.29 is 0 Å². The summed E-state index contributed by atoms with van der Waals surface area (Å²) in [5.74, 6) is 1.91. The van der Waals surface area contributed by atoms with Crippen molar-refractivity contribution in [1.29, 1.82) is 0 Å². The second kappa shape index (κ2) is 15.2. The fourth-order valence-electron chi connectivity index (χ4n) is 10.6. The molecule has 0 unspecified atom stereocenters. The molecule has 0 saturated carbocycles. The van der Waals surface area contributed by atoms with Crippen molar-refractivity contribution in [3.8, 4) is 56.7 Å². The third kappa shape index (κ3) is 5.99. The number of aromatic nitrogens is 5. The van der Waals surface area contributed by atoms with Crippen molar-refractivity contribution in [1.82, 2.24) is 24.1 Å². The average molecular weight is 866 g/mol. The van der Waals surface area contributed by atoms with E-state index in [0.717, 1.165) is 39.1 Å². The van der Waals surface area contributed by atoms with Crippen LogP contribution in [0.4, 0.5) is 0 Å². The molecule has 0 spiro atoms. The molecule has 0 radical (unpaired) electrons. The number of nitrogens with zero attached hydrogens (tertiary/aromatic N) is 5. The highest BCUT2D eigenvalue weighted by molar-refractivity contribution is 6.25. The van der Waals surface area contributed by atoms with Crippen molar-refractivity contribution in [3.05, 3.63) is 237 Å². The molecule has 0 saturated heterocycles. The first-order valence-corrected chi connectivity index (χ1v) is 23.1. The Labute approximate surface area is 391 Å². The molecule has 0 aliphatic heterocycles. The van der Waals surface area contributed by atoms with Gasteiger partial charge in [0.05, 0.1) is 22.1 Å². The number of hydrogen-bond acceptors (Lipinski definition) is 3. The highest BCUT2D eigenvalue weighted by atomic mass is 15.0. The van der Waals surface area contributed by atoms with Gasteiger partial charge >= 0.3 is 0 Å². The van der Waals surface area contributed by atoms with E-state index in [0.29, 0.717) is 17.5 Å². The van der Waals surface area contributed by atoms with Crippen molar-refractivity contribution in [2.45, 2.75) is 0 Å². The minimum Gasteiger partial charge on any atom is -0.309 e. The van der Waals surface area contributed by atoms with E-state index in [-0.39, 0.29) is 0 Å². The minimum absolute atomic E-state index is 0.627. The summed E-state index contributed by atoms with van der Waals surface area (Å²) in [7, 11) is 0. The highest BCUT2D eigenvalue weighted by Crippen LogP contribution is 2.41. The van der Waals surface area contributed by atoms with E-state index in [9.17, 15) is 0 Å². The maximum atomic E-state index is 5.05. The molecule has 0 atom stereocenters. The van der Waals surface area contributed by atoms with Gasteiger partial charge in [-0.15, -0.1) is 0 Å². The van der Waals surface area contributed by atoms with Crippen molar-refractivity contribution >= 4 is 75.9 Å². The first-order valence-electron chi connectivity index (χ1n) is 23.1. The summed E-state index contributed by atoms with van der Waals surface area (Å²) in [4.78, 5) is 15.0. The second-order valence-corrected chi connectivity index (χ2v) is 17.6. The number of fused-ring (bicyclic) bond motifs is 12. The van der Waals surface area contributed by atoms with Gasteiger partial charge in [-0.3, -0.25) is 0 Å². The molecule has 68 heavy (non-hydrogen) atoms. The van der Waals surface area contributed by atoms with Crippen LogP contribution in [-0.4, -0.2) is 24.1 Å². The van der Waals surface area contributed by atoms with Crippen LogP contribution in [0.15, 0.2) is 237 Å². The molecule has 0 bridgehead atoms. The Bertz CT molecular complexity index is 4230. The number of para-hydroxylation sites is 2. The topological polar surface area (TPSA) is 48.5 Å². The Morgan fingerprint density at radius 2 is 0.588 bits per heavy atom. The predicted molar refractivity (Wildman–Crippen MR) is 283 cm³/mol. The van der Waals surface area contributed by atoms with E-state index in [4.69, 9.17) is 15.0 Å². The summed E-state index contributed by atoms with van der Waals surface area (Å²) in [6.45, 7) is 0. The van der Waals surface area contributed by atoms with Crippen LogP contribution >= 0.6 is 0 Å². The SMILES string of the molecule is c1ccc(-c2nc(-c3ccccc3)nc(-c3cccc(-n4c5ccccc5c5cc(-c6ccc7c(c6)c6ccccc6n7-c6ccc7c8ccccc8c8ccccc8c7c6)ccc54)c3)n2)cc1. The molecule has 3 aromatic heterocycles. The van der Waals surface area contributed by atoms with Crippen LogP contribution in [0.1, 0.15) is 0 Å². The van der Waals surface area contributed by atoms with Crippen LogP contribution in [0, 0.1) is 0 Å². The Kier molecular flexibility index (Phi) is 8.52. The normalized spacial score (nSPS) is 11.8. The highest BCUT2D eigenvalue weighted by Gasteiger charge is 2.19. The monoisotopic (exact) mass is 865 g/mol. The van der Waals surface area contributed by atoms with Crippen LogP contribution in [0.5, 0.6) is 0 Å². The lowest BCUT2D eigenvalue weighted by atomic mass is 9.94. The molecule has 3 heterocycles. The molecule has 0 amide bonds. The zero-order chi connectivity index (χ0) is 44.7. The summed E-state index contributed by atoms with van der Waals surface area (Å²) < 4.78 is 4.80. The lowest BCUT2D eigenvalue weighted by molar-refractivity contribution is 1.07. The first kappa shape index (κ1) is 38.1. The van der Waals surface area contributed by atoms with Gasteiger partial charge in [0.1, 0.15) is 0 Å². The van der Waals surface area contributed by atoms with Crippen molar-refractivity contribution in [2.75, 3.05) is 0 Å². The summed E-state index contributed by atoms with van der Waals surface area (Å²) in [5.41, 5.74) is 12.0. The zero-order valence-electron chi connectivity index (χ0n) is 36.8. The Morgan fingerprint density at radius 3 is 1.10 bits per heavy atom. The molecule has 5 heteroatoms. The van der Waals surface area contributed by atoms with Crippen LogP contribution in [0.25, 0.3) is 133 Å². The molecule has 0 aliphatic rings. The molecule has 11 aromatic carbocycles. The molecular formula is C63H39N5. The van der Waals surface area contributed by atoms with Gasteiger partial charge in [0.15, 0.2) is 17.5 Å². The molecule has 14 aromatic rings. The molecule has 0 N–H and O–H groups in total. The van der Waals surface area contributed by atoms with E-state index >= 15 is 0 Å². The minimum atomic E-state index is 0.627. The molecule has 5 nitrogen and oxygen atoms in total. The number of hydrogen-bond donors (Lipinski definition) is 0. The molecular weight excluding hydrogens is 827 g/mol. The van der Waals surface area contributed by atoms with Crippen molar-refractivity contribution in [3.63, 3.8) is 0 Å². The van der Waals surface area contributed by atoms with Gasteiger partial charge in [0, 0.05) is 49.6 Å². The average Bonchev–Trinajstić information content (AvgIpc) is 3.93. The molecule has 14 rings (SSSR count). The van der Waals surface area contributed by atoms with Gasteiger partial charge < -0.3 is 9.13 Å². The van der Waals surface area contributed by atoms with Gasteiger partial charge in [0.2, 0.25) is 0 Å². The van der Waals surface area contributed by atoms with Gasteiger partial charge in [-0.25, -0.2) is 15.0 Å². The third-order valence-corrected chi connectivity index (χ3v) is 13.7. The third-order valence-electron chi connectivity index (χ3n) is 13.7. The Morgan fingerprint density at radius 1 is 0.206 bits per heavy atom. The van der Waals surface area contributed by atoms with Crippen molar-refractivity contribution in [2.24, 2.45) is 0 Å². The maximum Gasteiger partial charge on any atom is 0.164 e. The number of benzene rings is 11. The predicted octanol–water partition coefficient (Wildman–Crippen LogP) is 16.2. The summed E-state index contributed by atoms with van der Waals surface area (Å²) >= 11 is 0. The van der Waals surface area contributed by atoms with Gasteiger partial charge in [-0.05, 0) is 104 Å². The van der Waals surface area contributed by atoms with Gasteiger partial charge in [-0.2, -0.15) is 0 Å². The van der Waals surface area contributed by atoms with Crippen LogP contribution in [0.3, 0.4) is 0 Å². The Hall–Kier alpha value is -9.19. The molecule has 316 valence electrons. The largest absolute Gasteiger partial charge is 0.309 e. The lowest BCUT2D eigenvalue weighted by Crippen LogP contribution is -2.01. The Balaban J connectivity index is 0.892. The maximum absolute atomic E-state index is 5.05. The van der Waals surface area contributed by atoms with Crippen LogP contribution in [0.2, 0.25) is 0 Å². The second-order valence-electron chi connectivity index (χ2n) is 17.6. The fourth-order valence-corrected chi connectivity index (χ4v) is 10.6. The lowest BCUT2D eigenvalue weighted by Gasteiger charge is -2.14. The fraction of sp³-hybridized carbons (Fsp3) is 0.